The number of benzene rings is 2. The molecule has 0 saturated carbocycles. The van der Waals surface area contributed by atoms with Gasteiger partial charge in [0.15, 0.2) is 5.43 Å². The molecule has 3 rings (SSSR count). The number of pyridine rings is 1. The highest BCUT2D eigenvalue weighted by Crippen LogP contribution is 2.25. The predicted octanol–water partition coefficient (Wildman–Crippen LogP) is 3.51. The van der Waals surface area contributed by atoms with Crippen LogP contribution in [0.4, 0.5) is 0 Å². The molecule has 1 N–H and O–H groups in total. The van der Waals surface area contributed by atoms with E-state index >= 15 is 0 Å². The Morgan fingerprint density at radius 2 is 1.85 bits per heavy atom. The van der Waals surface area contributed by atoms with E-state index in [2.05, 4.69) is 4.98 Å². The molecule has 0 bridgehead atoms. The zero-order valence-electron chi connectivity index (χ0n) is 11.4. The number of H-pyrrole nitrogens is 1. The van der Waals surface area contributed by atoms with Crippen LogP contribution in [0, 0.1) is 6.92 Å². The number of aromatic amines is 1. The molecule has 0 saturated heterocycles. The van der Waals surface area contributed by atoms with Crippen molar-refractivity contribution < 1.29 is 4.74 Å². The summed E-state index contributed by atoms with van der Waals surface area (Å²) in [6.07, 6.45) is 0. The van der Waals surface area contributed by atoms with Crippen molar-refractivity contribution in [3.8, 4) is 17.0 Å². The van der Waals surface area contributed by atoms with Gasteiger partial charge in [-0.15, -0.1) is 0 Å². The second kappa shape index (κ2) is 4.85. The van der Waals surface area contributed by atoms with E-state index in [9.17, 15) is 4.79 Å². The molecule has 0 aliphatic carbocycles. The molecule has 2 aromatic carbocycles. The van der Waals surface area contributed by atoms with Gasteiger partial charge in [0.05, 0.1) is 7.11 Å². The van der Waals surface area contributed by atoms with Gasteiger partial charge in [-0.05, 0) is 42.8 Å². The van der Waals surface area contributed by atoms with Gasteiger partial charge < -0.3 is 9.72 Å². The van der Waals surface area contributed by atoms with Crippen LogP contribution in [-0.4, -0.2) is 12.1 Å². The third-order valence-electron chi connectivity index (χ3n) is 3.46. The average Bonchev–Trinajstić information content (AvgIpc) is 2.47. The molecule has 0 atom stereocenters. The first-order chi connectivity index (χ1) is 9.69. The summed E-state index contributed by atoms with van der Waals surface area (Å²) >= 11 is 0. The first kappa shape index (κ1) is 12.5. The van der Waals surface area contributed by atoms with Gasteiger partial charge in [0, 0.05) is 28.2 Å². The molecule has 0 unspecified atom stereocenters. The van der Waals surface area contributed by atoms with Crippen LogP contribution in [0.15, 0.2) is 53.3 Å². The number of fused-ring (bicyclic) bond motifs is 1. The molecular weight excluding hydrogens is 250 g/mol. The average molecular weight is 265 g/mol. The molecule has 0 fully saturated rings. The Morgan fingerprint density at radius 3 is 2.60 bits per heavy atom. The zero-order valence-corrected chi connectivity index (χ0v) is 11.4. The summed E-state index contributed by atoms with van der Waals surface area (Å²) in [6.45, 7) is 2.01. The third kappa shape index (κ3) is 2.07. The second-order valence-electron chi connectivity index (χ2n) is 4.77. The maximum absolute atomic E-state index is 12.2. The lowest BCUT2D eigenvalue weighted by Gasteiger charge is -2.09. The summed E-state index contributed by atoms with van der Waals surface area (Å²) in [5, 5.41) is 0.711. The number of para-hydroxylation sites is 1. The second-order valence-corrected chi connectivity index (χ2v) is 4.77. The first-order valence-electron chi connectivity index (χ1n) is 6.46. The Balaban J connectivity index is 2.22. The van der Waals surface area contributed by atoms with E-state index in [1.165, 1.54) is 0 Å². The molecular formula is C17H15NO2. The number of hydrogen-bond donors (Lipinski definition) is 1. The van der Waals surface area contributed by atoms with Gasteiger partial charge in [-0.1, -0.05) is 12.1 Å². The van der Waals surface area contributed by atoms with E-state index in [4.69, 9.17) is 4.74 Å². The Labute approximate surface area is 116 Å². The summed E-state index contributed by atoms with van der Waals surface area (Å²) in [5.41, 5.74) is 3.78. The fraction of sp³-hybridized carbons (Fsp3) is 0.118. The van der Waals surface area contributed by atoms with Crippen molar-refractivity contribution in [3.63, 3.8) is 0 Å². The highest BCUT2D eigenvalue weighted by Gasteiger charge is 2.07. The van der Waals surface area contributed by atoms with Crippen LogP contribution in [0.1, 0.15) is 5.56 Å². The summed E-state index contributed by atoms with van der Waals surface area (Å²) in [6, 6.07) is 15.0. The minimum absolute atomic E-state index is 0.0320. The Hall–Kier alpha value is -2.55. The molecule has 3 heteroatoms. The lowest BCUT2D eigenvalue weighted by Crippen LogP contribution is -2.03. The Kier molecular flexibility index (Phi) is 3.03. The summed E-state index contributed by atoms with van der Waals surface area (Å²) < 4.78 is 5.21. The Bertz CT molecular complexity index is 834. The topological polar surface area (TPSA) is 42.1 Å². The van der Waals surface area contributed by atoms with Crippen LogP contribution in [0.25, 0.3) is 22.2 Å². The maximum Gasteiger partial charge on any atom is 0.190 e. The van der Waals surface area contributed by atoms with Crippen LogP contribution in [-0.2, 0) is 0 Å². The lowest BCUT2D eigenvalue weighted by atomic mass is 10.0. The first-order valence-corrected chi connectivity index (χ1v) is 6.46. The number of hydrogen-bond acceptors (Lipinski definition) is 2. The summed E-state index contributed by atoms with van der Waals surface area (Å²) in [5.74, 6) is 0.814. The van der Waals surface area contributed by atoms with E-state index < -0.39 is 0 Å². The zero-order chi connectivity index (χ0) is 14.1. The van der Waals surface area contributed by atoms with E-state index in [-0.39, 0.29) is 5.43 Å². The van der Waals surface area contributed by atoms with Crippen LogP contribution in [0.5, 0.6) is 5.75 Å². The molecule has 1 heterocycles. The number of methoxy groups -OCH3 is 1. The standard InChI is InChI=1S/C17H15NO2/c1-11-9-12(20-2)7-8-13(11)16-10-17(19)14-5-3-4-6-15(14)18-16/h3-10H,1-2H3,(H,18,19). The minimum atomic E-state index is 0.0320. The number of rotatable bonds is 2. The van der Waals surface area contributed by atoms with Gasteiger partial charge in [-0.3, -0.25) is 4.79 Å². The minimum Gasteiger partial charge on any atom is -0.497 e. The predicted molar refractivity (Wildman–Crippen MR) is 81.3 cm³/mol. The van der Waals surface area contributed by atoms with Crippen molar-refractivity contribution >= 4 is 10.9 Å². The molecule has 3 aromatic rings. The van der Waals surface area contributed by atoms with Crippen molar-refractivity contribution in [2.45, 2.75) is 6.92 Å². The molecule has 100 valence electrons. The van der Waals surface area contributed by atoms with Crippen molar-refractivity contribution in [1.82, 2.24) is 4.98 Å². The van der Waals surface area contributed by atoms with Gasteiger partial charge in [0.1, 0.15) is 5.75 Å². The molecule has 1 aromatic heterocycles. The van der Waals surface area contributed by atoms with Gasteiger partial charge in [-0.2, -0.15) is 0 Å². The van der Waals surface area contributed by atoms with Crippen LogP contribution in [0.3, 0.4) is 0 Å². The van der Waals surface area contributed by atoms with Gasteiger partial charge in [0.25, 0.3) is 0 Å². The van der Waals surface area contributed by atoms with Gasteiger partial charge >= 0.3 is 0 Å². The third-order valence-corrected chi connectivity index (χ3v) is 3.46. The van der Waals surface area contributed by atoms with E-state index in [0.717, 1.165) is 28.1 Å². The quantitative estimate of drug-likeness (QED) is 0.770. The number of aryl methyl sites for hydroxylation is 1. The fourth-order valence-corrected chi connectivity index (χ4v) is 2.41. The molecule has 0 spiro atoms. The normalized spacial score (nSPS) is 10.7. The van der Waals surface area contributed by atoms with Crippen molar-refractivity contribution in [1.29, 1.82) is 0 Å². The highest BCUT2D eigenvalue weighted by molar-refractivity contribution is 5.81. The molecule has 20 heavy (non-hydrogen) atoms. The maximum atomic E-state index is 12.2. The number of aromatic nitrogens is 1. The fourth-order valence-electron chi connectivity index (χ4n) is 2.41. The number of ether oxygens (including phenoxy) is 1. The molecule has 0 aliphatic heterocycles. The molecule has 0 radical (unpaired) electrons. The molecule has 3 nitrogen and oxygen atoms in total. The van der Waals surface area contributed by atoms with Crippen LogP contribution in [0.2, 0.25) is 0 Å². The van der Waals surface area contributed by atoms with E-state index in [1.54, 1.807) is 13.2 Å². The molecule has 0 aliphatic rings. The lowest BCUT2D eigenvalue weighted by molar-refractivity contribution is 0.414. The van der Waals surface area contributed by atoms with Crippen molar-refractivity contribution in [2.75, 3.05) is 7.11 Å². The van der Waals surface area contributed by atoms with Crippen LogP contribution >= 0.6 is 0 Å². The van der Waals surface area contributed by atoms with Gasteiger partial charge in [0.2, 0.25) is 0 Å². The Morgan fingerprint density at radius 1 is 1.05 bits per heavy atom. The summed E-state index contributed by atoms with van der Waals surface area (Å²) in [7, 11) is 1.65. The highest BCUT2D eigenvalue weighted by atomic mass is 16.5. The monoisotopic (exact) mass is 265 g/mol. The van der Waals surface area contributed by atoms with Crippen molar-refractivity contribution in [3.05, 3.63) is 64.3 Å². The summed E-state index contributed by atoms with van der Waals surface area (Å²) in [4.78, 5) is 15.5. The van der Waals surface area contributed by atoms with Crippen molar-refractivity contribution in [2.24, 2.45) is 0 Å². The SMILES string of the molecule is COc1ccc(-c2cc(=O)c3ccccc3[nH]2)c(C)c1. The van der Waals surface area contributed by atoms with Gasteiger partial charge in [-0.25, -0.2) is 0 Å². The van der Waals surface area contributed by atoms with E-state index in [0.29, 0.717) is 5.39 Å². The van der Waals surface area contributed by atoms with Crippen LogP contribution < -0.4 is 10.2 Å². The van der Waals surface area contributed by atoms with E-state index in [1.807, 2.05) is 49.4 Å². The number of nitrogens with one attached hydrogen (secondary N) is 1. The molecule has 0 amide bonds. The smallest absolute Gasteiger partial charge is 0.190 e. The largest absolute Gasteiger partial charge is 0.497 e.